The number of hydrogen-bond acceptors (Lipinski definition) is 5. The Balaban J connectivity index is 2.15. The fourth-order valence-electron chi connectivity index (χ4n) is 3.22. The van der Waals surface area contributed by atoms with Crippen molar-refractivity contribution in [2.24, 2.45) is 0 Å². The molecule has 0 spiro atoms. The highest BCUT2D eigenvalue weighted by Gasteiger charge is 2.40. The number of carbonyl (C=O) groups is 1. The minimum atomic E-state index is -0.765. The topological polar surface area (TPSA) is 86.3 Å². The molecule has 1 fully saturated rings. The van der Waals surface area contributed by atoms with Crippen molar-refractivity contribution >= 4 is 5.91 Å². The average molecular weight is 341 g/mol. The highest BCUT2D eigenvalue weighted by Crippen LogP contribution is 2.34. The molecule has 1 aliphatic carbocycles. The highest BCUT2D eigenvalue weighted by molar-refractivity contribution is 5.82. The van der Waals surface area contributed by atoms with Crippen molar-refractivity contribution in [2.45, 2.75) is 50.7 Å². The van der Waals surface area contributed by atoms with Gasteiger partial charge in [0.05, 0.1) is 24.8 Å². The van der Waals surface area contributed by atoms with Gasteiger partial charge in [0.15, 0.2) is 17.6 Å². The molecule has 0 saturated heterocycles. The van der Waals surface area contributed by atoms with Crippen molar-refractivity contribution in [1.82, 2.24) is 4.90 Å². The molecule has 0 bridgehead atoms. The summed E-state index contributed by atoms with van der Waals surface area (Å²) < 4.78 is 11.0. The molecule has 0 unspecified atom stereocenters. The second-order valence-corrected chi connectivity index (χ2v) is 6.34. The fourth-order valence-corrected chi connectivity index (χ4v) is 3.22. The van der Waals surface area contributed by atoms with Crippen molar-refractivity contribution in [1.29, 1.82) is 10.5 Å². The van der Waals surface area contributed by atoms with Crippen molar-refractivity contribution in [3.8, 4) is 23.6 Å². The van der Waals surface area contributed by atoms with Crippen molar-refractivity contribution in [3.63, 3.8) is 0 Å². The normalized spacial score (nSPS) is 16.8. The minimum Gasteiger partial charge on any atom is -0.493 e. The number of ether oxygens (including phenoxy) is 2. The number of nitriles is 2. The first-order valence-electron chi connectivity index (χ1n) is 8.41. The van der Waals surface area contributed by atoms with Gasteiger partial charge in [0, 0.05) is 13.1 Å². The molecule has 0 heterocycles. The molecule has 1 saturated carbocycles. The summed E-state index contributed by atoms with van der Waals surface area (Å²) >= 11 is 0. The zero-order valence-electron chi connectivity index (χ0n) is 14.9. The zero-order valence-corrected chi connectivity index (χ0v) is 14.9. The van der Waals surface area contributed by atoms with Crippen LogP contribution >= 0.6 is 0 Å². The number of benzene rings is 1. The van der Waals surface area contributed by atoms with E-state index in [1.165, 1.54) is 12.0 Å². The Hall–Kier alpha value is -2.73. The van der Waals surface area contributed by atoms with Gasteiger partial charge in [-0.2, -0.15) is 10.5 Å². The Morgan fingerprint density at radius 3 is 2.48 bits per heavy atom. The third kappa shape index (κ3) is 3.85. The van der Waals surface area contributed by atoms with E-state index in [1.54, 1.807) is 32.2 Å². The molecule has 0 aliphatic heterocycles. The first kappa shape index (κ1) is 18.6. The van der Waals surface area contributed by atoms with Crippen LogP contribution in [0.1, 0.15) is 44.6 Å². The van der Waals surface area contributed by atoms with Crippen molar-refractivity contribution in [2.75, 3.05) is 14.2 Å². The summed E-state index contributed by atoms with van der Waals surface area (Å²) in [5, 5.41) is 18.6. The van der Waals surface area contributed by atoms with E-state index in [0.29, 0.717) is 29.9 Å². The third-order valence-electron chi connectivity index (χ3n) is 4.81. The van der Waals surface area contributed by atoms with Crippen LogP contribution in [0.4, 0.5) is 0 Å². The summed E-state index contributed by atoms with van der Waals surface area (Å²) in [6.45, 7) is 1.66. The molecule has 0 N–H and O–H groups in total. The Kier molecular flexibility index (Phi) is 5.88. The molecule has 0 radical (unpaired) electrons. The van der Waals surface area contributed by atoms with Crippen LogP contribution in [0.5, 0.6) is 11.5 Å². The van der Waals surface area contributed by atoms with Crippen LogP contribution in [0, 0.1) is 22.7 Å². The predicted molar refractivity (Wildman–Crippen MR) is 92.0 cm³/mol. The molecule has 132 valence electrons. The van der Waals surface area contributed by atoms with Crippen molar-refractivity contribution in [3.05, 3.63) is 23.8 Å². The third-order valence-corrected chi connectivity index (χ3v) is 4.81. The van der Waals surface area contributed by atoms with E-state index in [-0.39, 0.29) is 5.91 Å². The van der Waals surface area contributed by atoms with Crippen LogP contribution in [-0.4, -0.2) is 36.6 Å². The summed E-state index contributed by atoms with van der Waals surface area (Å²) in [7, 11) is 3.15. The number of methoxy groups -OCH3 is 1. The Morgan fingerprint density at radius 2 is 1.92 bits per heavy atom. The van der Waals surface area contributed by atoms with Crippen LogP contribution in [0.2, 0.25) is 0 Å². The molecule has 6 nitrogen and oxygen atoms in total. The van der Waals surface area contributed by atoms with E-state index < -0.39 is 11.6 Å². The zero-order chi connectivity index (χ0) is 18.4. The Morgan fingerprint density at radius 1 is 1.24 bits per heavy atom. The van der Waals surface area contributed by atoms with Gasteiger partial charge in [0.25, 0.3) is 5.91 Å². The number of likely N-dealkylation sites (N-methyl/N-ethyl adjacent to an activating group) is 1. The quantitative estimate of drug-likeness (QED) is 0.821. The van der Waals surface area contributed by atoms with E-state index >= 15 is 0 Å². The lowest BCUT2D eigenvalue weighted by atomic mass is 9.81. The SMILES string of the molecule is COc1cc(C#N)ccc1O[C@H](C)C(=O)N(C)C1(C#N)CCCCC1. The van der Waals surface area contributed by atoms with Gasteiger partial charge in [-0.25, -0.2) is 0 Å². The van der Waals surface area contributed by atoms with Gasteiger partial charge in [0.2, 0.25) is 0 Å². The van der Waals surface area contributed by atoms with Crippen LogP contribution in [0.3, 0.4) is 0 Å². The molecule has 1 amide bonds. The van der Waals surface area contributed by atoms with Gasteiger partial charge in [-0.05, 0) is 31.9 Å². The average Bonchev–Trinajstić information content (AvgIpc) is 2.67. The molecular weight excluding hydrogens is 318 g/mol. The van der Waals surface area contributed by atoms with E-state index in [1.807, 2.05) is 6.07 Å². The maximum absolute atomic E-state index is 12.8. The fraction of sp³-hybridized carbons (Fsp3) is 0.526. The van der Waals surface area contributed by atoms with Gasteiger partial charge in [0.1, 0.15) is 5.54 Å². The lowest BCUT2D eigenvalue weighted by Crippen LogP contribution is -2.53. The molecule has 1 atom stereocenters. The molecule has 1 aromatic rings. The summed E-state index contributed by atoms with van der Waals surface area (Å²) in [4.78, 5) is 14.3. The Labute approximate surface area is 148 Å². The van der Waals surface area contributed by atoms with Gasteiger partial charge < -0.3 is 14.4 Å². The second-order valence-electron chi connectivity index (χ2n) is 6.34. The van der Waals surface area contributed by atoms with Gasteiger partial charge in [-0.3, -0.25) is 4.79 Å². The molecule has 6 heteroatoms. The van der Waals surface area contributed by atoms with Crippen molar-refractivity contribution < 1.29 is 14.3 Å². The summed E-state index contributed by atoms with van der Waals surface area (Å²) in [5.74, 6) is 0.550. The molecule has 1 aliphatic rings. The molecule has 1 aromatic carbocycles. The van der Waals surface area contributed by atoms with Crippen LogP contribution in [0.25, 0.3) is 0 Å². The lowest BCUT2D eigenvalue weighted by molar-refractivity contribution is -0.141. The largest absolute Gasteiger partial charge is 0.493 e. The number of amides is 1. The number of rotatable bonds is 5. The first-order valence-corrected chi connectivity index (χ1v) is 8.41. The number of nitrogens with zero attached hydrogens (tertiary/aromatic N) is 3. The van der Waals surface area contributed by atoms with Gasteiger partial charge >= 0.3 is 0 Å². The Bertz CT molecular complexity index is 712. The van der Waals surface area contributed by atoms with Crippen LogP contribution < -0.4 is 9.47 Å². The van der Waals surface area contributed by atoms with Gasteiger partial charge in [-0.1, -0.05) is 19.3 Å². The summed E-state index contributed by atoms with van der Waals surface area (Å²) in [6, 6.07) is 9.16. The molecule has 25 heavy (non-hydrogen) atoms. The monoisotopic (exact) mass is 341 g/mol. The van der Waals surface area contributed by atoms with E-state index in [0.717, 1.165) is 19.3 Å². The van der Waals surface area contributed by atoms with E-state index in [2.05, 4.69) is 6.07 Å². The van der Waals surface area contributed by atoms with E-state index in [9.17, 15) is 10.1 Å². The minimum absolute atomic E-state index is 0.241. The maximum atomic E-state index is 12.8. The number of carbonyl (C=O) groups excluding carboxylic acids is 1. The smallest absolute Gasteiger partial charge is 0.264 e. The number of hydrogen-bond donors (Lipinski definition) is 0. The van der Waals surface area contributed by atoms with Crippen LogP contribution in [-0.2, 0) is 4.79 Å². The van der Waals surface area contributed by atoms with E-state index in [4.69, 9.17) is 14.7 Å². The summed E-state index contributed by atoms with van der Waals surface area (Å²) in [5.41, 5.74) is -0.298. The van der Waals surface area contributed by atoms with Gasteiger partial charge in [-0.15, -0.1) is 0 Å². The first-order chi connectivity index (χ1) is 12.0. The molecule has 0 aromatic heterocycles. The second kappa shape index (κ2) is 7.90. The highest BCUT2D eigenvalue weighted by atomic mass is 16.5. The standard InChI is InChI=1S/C19H23N3O3/c1-14(25-16-8-7-15(12-20)11-17(16)24-3)18(23)22(2)19(13-21)9-5-4-6-10-19/h7-8,11,14H,4-6,9-10H2,1-3H3/t14-/m1/s1. The molecular formula is C19H23N3O3. The maximum Gasteiger partial charge on any atom is 0.264 e. The lowest BCUT2D eigenvalue weighted by Gasteiger charge is -2.40. The molecule has 2 rings (SSSR count). The summed E-state index contributed by atoms with van der Waals surface area (Å²) in [6.07, 6.45) is 3.62. The van der Waals surface area contributed by atoms with Crippen LogP contribution in [0.15, 0.2) is 18.2 Å². The predicted octanol–water partition coefficient (Wildman–Crippen LogP) is 3.02.